The molecule has 11 rings (SSSR count). The van der Waals surface area contributed by atoms with E-state index in [9.17, 15) is 0 Å². The minimum Gasteiger partial charge on any atom is -0.456 e. The molecule has 0 bridgehead atoms. The summed E-state index contributed by atoms with van der Waals surface area (Å²) in [4.78, 5) is 2.41. The molecule has 2 nitrogen and oxygen atoms in total. The van der Waals surface area contributed by atoms with Crippen LogP contribution in [-0.4, -0.2) is 0 Å². The van der Waals surface area contributed by atoms with Gasteiger partial charge in [0.25, 0.3) is 0 Å². The molecule has 0 spiro atoms. The van der Waals surface area contributed by atoms with Crippen molar-refractivity contribution in [3.8, 4) is 44.5 Å². The van der Waals surface area contributed by atoms with Gasteiger partial charge in [-0.2, -0.15) is 0 Å². The van der Waals surface area contributed by atoms with Gasteiger partial charge in [-0.15, -0.1) is 0 Å². The third kappa shape index (κ3) is 5.91. The molecule has 0 atom stereocenters. The highest BCUT2D eigenvalue weighted by Gasteiger charge is 2.21. The third-order valence-electron chi connectivity index (χ3n) is 11.5. The summed E-state index contributed by atoms with van der Waals surface area (Å²) in [6.07, 6.45) is 0. The Bertz CT molecular complexity index is 3270. The summed E-state index contributed by atoms with van der Waals surface area (Å²) < 4.78 is 6.32. The van der Waals surface area contributed by atoms with Gasteiger partial charge in [-0.25, -0.2) is 0 Å². The Morgan fingerprint density at radius 1 is 0.276 bits per heavy atom. The smallest absolute Gasteiger partial charge is 0.135 e. The summed E-state index contributed by atoms with van der Waals surface area (Å²) in [5.41, 5.74) is 14.4. The zero-order valence-electron chi connectivity index (χ0n) is 31.7. The Balaban J connectivity index is 1.10. The lowest BCUT2D eigenvalue weighted by atomic mass is 9.93. The monoisotopic (exact) mass is 739 g/mol. The third-order valence-corrected chi connectivity index (χ3v) is 11.5. The summed E-state index contributed by atoms with van der Waals surface area (Å²) in [5.74, 6) is 0. The molecule has 0 saturated carbocycles. The van der Waals surface area contributed by atoms with Gasteiger partial charge in [0.2, 0.25) is 0 Å². The van der Waals surface area contributed by atoms with E-state index >= 15 is 0 Å². The van der Waals surface area contributed by atoms with Gasteiger partial charge < -0.3 is 9.32 Å². The zero-order chi connectivity index (χ0) is 38.4. The van der Waals surface area contributed by atoms with E-state index in [4.69, 9.17) is 4.42 Å². The van der Waals surface area contributed by atoms with Crippen LogP contribution in [-0.2, 0) is 0 Å². The second-order valence-corrected chi connectivity index (χ2v) is 14.9. The van der Waals surface area contributed by atoms with E-state index in [1.54, 1.807) is 0 Å². The molecule has 1 aromatic heterocycles. The van der Waals surface area contributed by atoms with Crippen molar-refractivity contribution in [1.29, 1.82) is 0 Å². The van der Waals surface area contributed by atoms with E-state index in [0.29, 0.717) is 0 Å². The first-order chi connectivity index (χ1) is 28.7. The average molecular weight is 740 g/mol. The molecule has 272 valence electrons. The number of hydrogen-bond donors (Lipinski definition) is 0. The van der Waals surface area contributed by atoms with Crippen LogP contribution in [0, 0.1) is 0 Å². The predicted octanol–water partition coefficient (Wildman–Crippen LogP) is 16.0. The van der Waals surface area contributed by atoms with Crippen molar-refractivity contribution in [2.45, 2.75) is 0 Å². The molecule has 0 N–H and O–H groups in total. The first kappa shape index (κ1) is 33.6. The average Bonchev–Trinajstić information content (AvgIpc) is 3.67. The minimum absolute atomic E-state index is 0.874. The Kier molecular flexibility index (Phi) is 8.19. The fraction of sp³-hybridized carbons (Fsp3) is 0. The van der Waals surface area contributed by atoms with E-state index in [2.05, 4.69) is 217 Å². The van der Waals surface area contributed by atoms with Crippen LogP contribution in [0.25, 0.3) is 88.0 Å². The quantitative estimate of drug-likeness (QED) is 0.162. The highest BCUT2D eigenvalue weighted by atomic mass is 16.3. The molecule has 58 heavy (non-hydrogen) atoms. The number of fused-ring (bicyclic) bond motifs is 5. The maximum Gasteiger partial charge on any atom is 0.135 e. The fourth-order valence-corrected chi connectivity index (χ4v) is 8.65. The van der Waals surface area contributed by atoms with Crippen LogP contribution in [0.3, 0.4) is 0 Å². The van der Waals surface area contributed by atoms with Crippen LogP contribution >= 0.6 is 0 Å². The lowest BCUT2D eigenvalue weighted by Gasteiger charge is -2.29. The summed E-state index contributed by atoms with van der Waals surface area (Å²) in [6.45, 7) is 0. The fourth-order valence-electron chi connectivity index (χ4n) is 8.65. The van der Waals surface area contributed by atoms with Crippen molar-refractivity contribution in [3.63, 3.8) is 0 Å². The molecule has 0 saturated heterocycles. The van der Waals surface area contributed by atoms with E-state index < -0.39 is 0 Å². The van der Waals surface area contributed by atoms with Crippen LogP contribution in [0.15, 0.2) is 229 Å². The number of hydrogen-bond acceptors (Lipinski definition) is 2. The number of para-hydroxylation sites is 1. The molecular formula is C56H37NO. The van der Waals surface area contributed by atoms with Crippen LogP contribution in [0.2, 0.25) is 0 Å². The summed E-state index contributed by atoms with van der Waals surface area (Å²) in [7, 11) is 0. The molecular weight excluding hydrogens is 703 g/mol. The second-order valence-electron chi connectivity index (χ2n) is 14.9. The number of furan rings is 1. The number of benzene rings is 10. The molecule has 10 aromatic carbocycles. The van der Waals surface area contributed by atoms with Gasteiger partial charge in [0.1, 0.15) is 11.2 Å². The SMILES string of the molecule is c1ccc(-c2ccc(-c3cccc4ccccc34)cc2N(c2ccc(-c3cccc(-c4cccc5ccccc45)c3)cc2)c2ccc3oc4ccccc4c3c2)cc1. The van der Waals surface area contributed by atoms with Crippen molar-refractivity contribution < 1.29 is 4.42 Å². The Hall–Kier alpha value is -7.68. The van der Waals surface area contributed by atoms with Gasteiger partial charge in [-0.05, 0) is 109 Å². The molecule has 0 unspecified atom stereocenters. The van der Waals surface area contributed by atoms with Crippen LogP contribution in [0.4, 0.5) is 17.1 Å². The first-order valence-corrected chi connectivity index (χ1v) is 19.8. The van der Waals surface area contributed by atoms with Gasteiger partial charge in [-0.1, -0.05) is 176 Å². The van der Waals surface area contributed by atoms with Crippen molar-refractivity contribution >= 4 is 60.5 Å². The minimum atomic E-state index is 0.874. The van der Waals surface area contributed by atoms with Crippen molar-refractivity contribution in [2.24, 2.45) is 0 Å². The first-order valence-electron chi connectivity index (χ1n) is 19.8. The van der Waals surface area contributed by atoms with E-state index in [-0.39, 0.29) is 0 Å². The van der Waals surface area contributed by atoms with E-state index in [1.807, 2.05) is 12.1 Å². The molecule has 0 aliphatic heterocycles. The van der Waals surface area contributed by atoms with E-state index in [0.717, 1.165) is 61.3 Å². The normalized spacial score (nSPS) is 11.4. The Labute approximate surface area is 337 Å². The van der Waals surface area contributed by atoms with Crippen LogP contribution in [0.1, 0.15) is 0 Å². The molecule has 0 aliphatic carbocycles. The van der Waals surface area contributed by atoms with E-state index in [1.165, 1.54) is 43.8 Å². The van der Waals surface area contributed by atoms with Crippen LogP contribution in [0.5, 0.6) is 0 Å². The lowest BCUT2D eigenvalue weighted by molar-refractivity contribution is 0.669. The maximum absolute atomic E-state index is 6.32. The number of nitrogens with zero attached hydrogens (tertiary/aromatic N) is 1. The molecule has 0 fully saturated rings. The summed E-state index contributed by atoms with van der Waals surface area (Å²) >= 11 is 0. The van der Waals surface area contributed by atoms with Gasteiger partial charge in [0.05, 0.1) is 5.69 Å². The predicted molar refractivity (Wildman–Crippen MR) is 245 cm³/mol. The lowest BCUT2D eigenvalue weighted by Crippen LogP contribution is -2.11. The topological polar surface area (TPSA) is 16.4 Å². The largest absolute Gasteiger partial charge is 0.456 e. The van der Waals surface area contributed by atoms with Gasteiger partial charge >= 0.3 is 0 Å². The van der Waals surface area contributed by atoms with Crippen molar-refractivity contribution in [3.05, 3.63) is 224 Å². The second kappa shape index (κ2) is 14.1. The molecule has 0 radical (unpaired) electrons. The molecule has 11 aromatic rings. The summed E-state index contributed by atoms with van der Waals surface area (Å²) in [5, 5.41) is 7.16. The van der Waals surface area contributed by atoms with Crippen molar-refractivity contribution in [2.75, 3.05) is 4.90 Å². The van der Waals surface area contributed by atoms with Gasteiger partial charge in [0.15, 0.2) is 0 Å². The highest BCUT2D eigenvalue weighted by molar-refractivity contribution is 6.07. The Morgan fingerprint density at radius 2 is 0.810 bits per heavy atom. The number of rotatable bonds is 7. The Morgan fingerprint density at radius 3 is 1.55 bits per heavy atom. The van der Waals surface area contributed by atoms with Gasteiger partial charge in [0, 0.05) is 27.7 Å². The molecule has 0 amide bonds. The molecule has 1 heterocycles. The molecule has 2 heteroatoms. The van der Waals surface area contributed by atoms with Gasteiger partial charge in [-0.3, -0.25) is 0 Å². The zero-order valence-corrected chi connectivity index (χ0v) is 31.7. The highest BCUT2D eigenvalue weighted by Crippen LogP contribution is 2.45. The van der Waals surface area contributed by atoms with Crippen LogP contribution < -0.4 is 4.90 Å². The maximum atomic E-state index is 6.32. The standard InChI is InChI=1S/C56H37NO/c1-2-13-41(14-3-1)51-33-29-44(50-25-12-18-40-16-5-7-22-48(40)50)36-54(51)57(46-32-34-56-53(37-46)52-23-8-9-26-55(52)58-56)45-30-27-38(28-31-45)42-19-10-20-43(35-42)49-24-11-17-39-15-4-6-21-47(39)49/h1-37H. The summed E-state index contributed by atoms with van der Waals surface area (Å²) in [6, 6.07) is 80.9. The number of anilines is 3. The molecule has 0 aliphatic rings. The van der Waals surface area contributed by atoms with Crippen molar-refractivity contribution in [1.82, 2.24) is 0 Å².